The molecule has 0 aromatic heterocycles. The molecule has 5 nitrogen and oxygen atoms in total. The topological polar surface area (TPSA) is 66.5 Å². The van der Waals surface area contributed by atoms with E-state index >= 15 is 0 Å². The molecule has 2 fully saturated rings. The second-order valence-electron chi connectivity index (χ2n) is 5.00. The number of amides is 1. The van der Waals surface area contributed by atoms with Crippen molar-refractivity contribution in [3.8, 4) is 0 Å². The minimum absolute atomic E-state index is 0.0333. The lowest BCUT2D eigenvalue weighted by atomic mass is 10.1. The summed E-state index contributed by atoms with van der Waals surface area (Å²) in [6.07, 6.45) is 4.13. The van der Waals surface area contributed by atoms with Gasteiger partial charge in [-0.3, -0.25) is 9.69 Å². The van der Waals surface area contributed by atoms with Crippen LogP contribution in [0.1, 0.15) is 25.7 Å². The summed E-state index contributed by atoms with van der Waals surface area (Å²) in [4.78, 5) is 13.9. The molecule has 98 valence electrons. The number of likely N-dealkylation sites (tertiary alicyclic amines) is 1. The van der Waals surface area contributed by atoms with E-state index in [9.17, 15) is 13.2 Å². The minimum Gasteiger partial charge on any atom is -0.351 e. The van der Waals surface area contributed by atoms with Crippen molar-refractivity contribution in [2.24, 2.45) is 0 Å². The molecule has 0 aromatic carbocycles. The molecule has 2 rings (SSSR count). The van der Waals surface area contributed by atoms with Gasteiger partial charge >= 0.3 is 0 Å². The van der Waals surface area contributed by atoms with Gasteiger partial charge < -0.3 is 5.32 Å². The Morgan fingerprint density at radius 2 is 1.94 bits per heavy atom. The molecule has 2 heterocycles. The molecular weight excluding hydrogens is 240 g/mol. The second-order valence-corrected chi connectivity index (χ2v) is 7.23. The van der Waals surface area contributed by atoms with E-state index in [2.05, 4.69) is 10.2 Å². The van der Waals surface area contributed by atoms with Gasteiger partial charge in [-0.15, -0.1) is 0 Å². The Labute approximate surface area is 102 Å². The van der Waals surface area contributed by atoms with Crippen LogP contribution >= 0.6 is 0 Å². The van der Waals surface area contributed by atoms with Gasteiger partial charge in [0, 0.05) is 6.04 Å². The fraction of sp³-hybridized carbons (Fsp3) is 0.909. The summed E-state index contributed by atoms with van der Waals surface area (Å²) in [6, 6.07) is -0.169. The average molecular weight is 260 g/mol. The highest BCUT2D eigenvalue weighted by molar-refractivity contribution is 7.91. The first-order valence-electron chi connectivity index (χ1n) is 6.27. The van der Waals surface area contributed by atoms with Gasteiger partial charge in [0.1, 0.15) is 0 Å². The van der Waals surface area contributed by atoms with E-state index in [1.165, 1.54) is 6.42 Å². The molecule has 1 unspecified atom stereocenters. The third kappa shape index (κ3) is 3.96. The highest BCUT2D eigenvalue weighted by Crippen LogP contribution is 2.12. The zero-order chi connectivity index (χ0) is 12.3. The summed E-state index contributed by atoms with van der Waals surface area (Å²) >= 11 is 0. The van der Waals surface area contributed by atoms with Crippen LogP contribution in [0.15, 0.2) is 0 Å². The number of nitrogens with zero attached hydrogens (tertiary/aromatic N) is 1. The molecule has 1 atom stereocenters. The summed E-state index contributed by atoms with van der Waals surface area (Å²) in [7, 11) is -2.90. The van der Waals surface area contributed by atoms with Gasteiger partial charge in [0.05, 0.1) is 18.1 Å². The first-order chi connectivity index (χ1) is 8.05. The maximum absolute atomic E-state index is 11.7. The number of piperidine rings is 1. The first kappa shape index (κ1) is 12.8. The van der Waals surface area contributed by atoms with Crippen molar-refractivity contribution in [1.82, 2.24) is 10.2 Å². The number of nitrogens with one attached hydrogen (secondary N) is 1. The molecule has 2 aliphatic rings. The van der Waals surface area contributed by atoms with Crippen molar-refractivity contribution >= 4 is 15.7 Å². The van der Waals surface area contributed by atoms with E-state index in [4.69, 9.17) is 0 Å². The Bertz CT molecular complexity index is 374. The molecule has 0 radical (unpaired) electrons. The van der Waals surface area contributed by atoms with Crippen molar-refractivity contribution in [2.75, 3.05) is 31.1 Å². The van der Waals surface area contributed by atoms with Gasteiger partial charge in [0.25, 0.3) is 0 Å². The SMILES string of the molecule is O=C(CN1CCCCC1)NC1CCS(=O)(=O)C1. The van der Waals surface area contributed by atoms with Crippen LogP contribution in [0.5, 0.6) is 0 Å². The lowest BCUT2D eigenvalue weighted by molar-refractivity contribution is -0.123. The van der Waals surface area contributed by atoms with Crippen LogP contribution in [-0.4, -0.2) is 56.4 Å². The number of hydrogen-bond donors (Lipinski definition) is 1. The largest absolute Gasteiger partial charge is 0.351 e. The van der Waals surface area contributed by atoms with Crippen molar-refractivity contribution in [3.05, 3.63) is 0 Å². The fourth-order valence-electron chi connectivity index (χ4n) is 2.50. The standard InChI is InChI=1S/C11H20N2O3S/c14-11(8-13-5-2-1-3-6-13)12-10-4-7-17(15,16)9-10/h10H,1-9H2,(H,12,14). The third-order valence-corrected chi connectivity index (χ3v) is 5.18. The van der Waals surface area contributed by atoms with Crippen LogP contribution in [-0.2, 0) is 14.6 Å². The quantitative estimate of drug-likeness (QED) is 0.761. The molecule has 0 aromatic rings. The van der Waals surface area contributed by atoms with Crippen molar-refractivity contribution in [2.45, 2.75) is 31.7 Å². The lowest BCUT2D eigenvalue weighted by Crippen LogP contribution is -2.44. The Morgan fingerprint density at radius 1 is 1.24 bits per heavy atom. The predicted molar refractivity (Wildman–Crippen MR) is 65.5 cm³/mol. The zero-order valence-corrected chi connectivity index (χ0v) is 10.8. The highest BCUT2D eigenvalue weighted by atomic mass is 32.2. The number of rotatable bonds is 3. The van der Waals surface area contributed by atoms with Crippen LogP contribution < -0.4 is 5.32 Å². The van der Waals surface area contributed by atoms with Crippen molar-refractivity contribution < 1.29 is 13.2 Å². The second kappa shape index (κ2) is 5.35. The van der Waals surface area contributed by atoms with Gasteiger partial charge in [0.15, 0.2) is 9.84 Å². The van der Waals surface area contributed by atoms with Crippen molar-refractivity contribution in [3.63, 3.8) is 0 Å². The molecule has 1 N–H and O–H groups in total. The minimum atomic E-state index is -2.90. The molecule has 2 saturated heterocycles. The van der Waals surface area contributed by atoms with Gasteiger partial charge in [-0.2, -0.15) is 0 Å². The lowest BCUT2D eigenvalue weighted by Gasteiger charge is -2.26. The molecular formula is C11H20N2O3S. The molecule has 0 spiro atoms. The van der Waals surface area contributed by atoms with Crippen LogP contribution in [0.2, 0.25) is 0 Å². The van der Waals surface area contributed by atoms with E-state index in [1.54, 1.807) is 0 Å². The fourth-order valence-corrected chi connectivity index (χ4v) is 4.18. The summed E-state index contributed by atoms with van der Waals surface area (Å²) in [5, 5.41) is 2.82. The Morgan fingerprint density at radius 3 is 2.53 bits per heavy atom. The number of sulfone groups is 1. The maximum Gasteiger partial charge on any atom is 0.234 e. The van der Waals surface area contributed by atoms with Gasteiger partial charge in [-0.25, -0.2) is 8.42 Å². The van der Waals surface area contributed by atoms with Crippen LogP contribution in [0.25, 0.3) is 0 Å². The first-order valence-corrected chi connectivity index (χ1v) is 8.09. The summed E-state index contributed by atoms with van der Waals surface area (Å²) < 4.78 is 22.5. The Kier molecular flexibility index (Phi) is 4.04. The maximum atomic E-state index is 11.7. The Balaban J connectivity index is 1.74. The molecule has 2 aliphatic heterocycles. The van der Waals surface area contributed by atoms with Crippen LogP contribution in [0.4, 0.5) is 0 Å². The summed E-state index contributed by atoms with van der Waals surface area (Å²) in [6.45, 7) is 2.38. The van der Waals surface area contributed by atoms with E-state index < -0.39 is 9.84 Å². The van der Waals surface area contributed by atoms with E-state index in [0.29, 0.717) is 13.0 Å². The van der Waals surface area contributed by atoms with E-state index in [-0.39, 0.29) is 23.5 Å². The molecule has 17 heavy (non-hydrogen) atoms. The smallest absolute Gasteiger partial charge is 0.234 e. The molecule has 0 bridgehead atoms. The van der Waals surface area contributed by atoms with Gasteiger partial charge in [0.2, 0.25) is 5.91 Å². The van der Waals surface area contributed by atoms with E-state index in [0.717, 1.165) is 25.9 Å². The van der Waals surface area contributed by atoms with Crippen LogP contribution in [0.3, 0.4) is 0 Å². The Hall–Kier alpha value is -0.620. The van der Waals surface area contributed by atoms with Crippen molar-refractivity contribution in [1.29, 1.82) is 0 Å². The normalized spacial score (nSPS) is 29.1. The molecule has 1 amide bonds. The molecule has 6 heteroatoms. The zero-order valence-electron chi connectivity index (χ0n) is 10.0. The highest BCUT2D eigenvalue weighted by Gasteiger charge is 2.29. The van der Waals surface area contributed by atoms with Crippen LogP contribution in [0, 0.1) is 0 Å². The van der Waals surface area contributed by atoms with Gasteiger partial charge in [-0.1, -0.05) is 6.42 Å². The van der Waals surface area contributed by atoms with Gasteiger partial charge in [-0.05, 0) is 32.4 Å². The predicted octanol–water partition coefficient (Wildman–Crippen LogP) is -0.224. The number of carbonyl (C=O) groups is 1. The number of hydrogen-bond acceptors (Lipinski definition) is 4. The monoisotopic (exact) mass is 260 g/mol. The molecule has 0 aliphatic carbocycles. The van der Waals surface area contributed by atoms with E-state index in [1.807, 2.05) is 0 Å². The summed E-state index contributed by atoms with van der Waals surface area (Å²) in [5.74, 6) is 0.287. The summed E-state index contributed by atoms with van der Waals surface area (Å²) in [5.41, 5.74) is 0. The number of carbonyl (C=O) groups excluding carboxylic acids is 1. The molecule has 0 saturated carbocycles. The average Bonchev–Trinajstić information content (AvgIpc) is 2.59. The third-order valence-electron chi connectivity index (χ3n) is 3.41.